The number of benzene rings is 2. The van der Waals surface area contributed by atoms with Gasteiger partial charge < -0.3 is 9.84 Å². The Bertz CT molecular complexity index is 554. The lowest BCUT2D eigenvalue weighted by Crippen LogP contribution is -2.26. The third-order valence-electron chi connectivity index (χ3n) is 3.18. The highest BCUT2D eigenvalue weighted by atomic mass is 32.2. The van der Waals surface area contributed by atoms with Gasteiger partial charge >= 0.3 is 0 Å². The van der Waals surface area contributed by atoms with E-state index in [9.17, 15) is 5.11 Å². The number of hydrogen-bond donors (Lipinski definition) is 1. The van der Waals surface area contributed by atoms with Crippen molar-refractivity contribution < 1.29 is 9.84 Å². The quantitative estimate of drug-likeness (QED) is 0.582. The summed E-state index contributed by atoms with van der Waals surface area (Å²) in [7, 11) is 0. The number of aliphatic hydroxyl groups excluding tert-OH is 1. The number of thioether (sulfide) groups is 1. The first-order valence-electron chi connectivity index (χ1n) is 7.44. The Morgan fingerprint density at radius 3 is 2.32 bits per heavy atom. The zero-order valence-corrected chi connectivity index (χ0v) is 13.6. The zero-order valence-electron chi connectivity index (χ0n) is 12.8. The van der Waals surface area contributed by atoms with Crippen LogP contribution in [0.4, 0.5) is 0 Å². The Balaban J connectivity index is 1.85. The molecular formula is C19H22O2S. The average molecular weight is 314 g/mol. The highest BCUT2D eigenvalue weighted by molar-refractivity contribution is 8.00. The molecule has 0 spiro atoms. The predicted molar refractivity (Wildman–Crippen MR) is 93.0 cm³/mol. The molecule has 0 aliphatic carbocycles. The minimum atomic E-state index is -0.537. The minimum Gasteiger partial charge on any atom is -0.389 e. The molecule has 0 heterocycles. The molecule has 0 aliphatic heterocycles. The van der Waals surface area contributed by atoms with Crippen LogP contribution < -0.4 is 0 Å². The summed E-state index contributed by atoms with van der Waals surface area (Å²) in [6, 6.07) is 20.1. The zero-order chi connectivity index (χ0) is 15.6. The van der Waals surface area contributed by atoms with Crippen molar-refractivity contribution in [2.45, 2.75) is 29.8 Å². The number of ether oxygens (including phenoxy) is 1. The van der Waals surface area contributed by atoms with Crippen molar-refractivity contribution in [3.05, 3.63) is 78.4 Å². The summed E-state index contributed by atoms with van der Waals surface area (Å²) < 4.78 is 5.65. The number of rotatable bonds is 8. The molecule has 2 aromatic rings. The maximum atomic E-state index is 10.4. The molecule has 2 rings (SSSR count). The van der Waals surface area contributed by atoms with Crippen LogP contribution in [0.25, 0.3) is 0 Å². The Morgan fingerprint density at radius 1 is 1.05 bits per heavy atom. The van der Waals surface area contributed by atoms with Crippen molar-refractivity contribution in [1.82, 2.24) is 0 Å². The van der Waals surface area contributed by atoms with Gasteiger partial charge in [-0.1, -0.05) is 60.7 Å². The molecular weight excluding hydrogens is 292 g/mol. The Labute approximate surface area is 136 Å². The predicted octanol–water partition coefficient (Wildman–Crippen LogP) is 4.30. The maximum Gasteiger partial charge on any atom is 0.0930 e. The molecule has 0 fully saturated rings. The van der Waals surface area contributed by atoms with Crippen molar-refractivity contribution in [1.29, 1.82) is 0 Å². The van der Waals surface area contributed by atoms with Crippen molar-refractivity contribution in [3.63, 3.8) is 0 Å². The lowest BCUT2D eigenvalue weighted by molar-refractivity contribution is 0.0325. The minimum absolute atomic E-state index is 0.0110. The molecule has 0 radical (unpaired) electrons. The summed E-state index contributed by atoms with van der Waals surface area (Å²) >= 11 is 1.65. The van der Waals surface area contributed by atoms with E-state index in [2.05, 4.69) is 12.1 Å². The Hall–Kier alpha value is -1.55. The standard InChI is InChI=1S/C19H22O2S/c1-2-9-19(22-17-12-7-4-8-13-17)18(20)15-21-14-16-10-5-3-6-11-16/h2-13,18-20H,14-15H2,1H3/b9-2-/t18-,19-/m0/s1. The van der Waals surface area contributed by atoms with Crippen molar-refractivity contribution in [2.75, 3.05) is 6.61 Å². The SMILES string of the molecule is C/C=C\[C@H](Sc1ccccc1)[C@@H](O)COCc1ccccc1. The fraction of sp³-hybridized carbons (Fsp3) is 0.263. The lowest BCUT2D eigenvalue weighted by Gasteiger charge is -2.19. The van der Waals surface area contributed by atoms with Gasteiger partial charge in [-0.05, 0) is 24.6 Å². The molecule has 1 N–H and O–H groups in total. The van der Waals surface area contributed by atoms with E-state index in [4.69, 9.17) is 4.74 Å². The van der Waals surface area contributed by atoms with Crippen LogP contribution >= 0.6 is 11.8 Å². The van der Waals surface area contributed by atoms with Gasteiger partial charge in [0.25, 0.3) is 0 Å². The van der Waals surface area contributed by atoms with Gasteiger partial charge in [-0.2, -0.15) is 0 Å². The third kappa shape index (κ3) is 5.68. The van der Waals surface area contributed by atoms with E-state index < -0.39 is 6.10 Å². The highest BCUT2D eigenvalue weighted by Gasteiger charge is 2.17. The van der Waals surface area contributed by atoms with E-state index in [-0.39, 0.29) is 5.25 Å². The first-order chi connectivity index (χ1) is 10.8. The van der Waals surface area contributed by atoms with Crippen LogP contribution in [-0.4, -0.2) is 23.1 Å². The van der Waals surface area contributed by atoms with Crippen LogP contribution in [0.15, 0.2) is 77.7 Å². The summed E-state index contributed by atoms with van der Waals surface area (Å²) in [5.74, 6) is 0. The molecule has 0 unspecified atom stereocenters. The van der Waals surface area contributed by atoms with E-state index in [1.54, 1.807) is 11.8 Å². The molecule has 116 valence electrons. The summed E-state index contributed by atoms with van der Waals surface area (Å²) in [5.41, 5.74) is 1.12. The maximum absolute atomic E-state index is 10.4. The van der Waals surface area contributed by atoms with Gasteiger partial charge in [-0.15, -0.1) is 11.8 Å². The largest absolute Gasteiger partial charge is 0.389 e. The van der Waals surface area contributed by atoms with Gasteiger partial charge in [0, 0.05) is 4.90 Å². The second-order valence-corrected chi connectivity index (χ2v) is 6.24. The van der Waals surface area contributed by atoms with E-state index in [1.807, 2.05) is 67.6 Å². The van der Waals surface area contributed by atoms with Crippen LogP contribution in [0.2, 0.25) is 0 Å². The van der Waals surface area contributed by atoms with E-state index >= 15 is 0 Å². The molecule has 0 bridgehead atoms. The highest BCUT2D eigenvalue weighted by Crippen LogP contribution is 2.26. The molecule has 0 aliphatic rings. The van der Waals surface area contributed by atoms with Gasteiger partial charge in [0.2, 0.25) is 0 Å². The van der Waals surface area contributed by atoms with Crippen LogP contribution in [0, 0.1) is 0 Å². The lowest BCUT2D eigenvalue weighted by atomic mass is 10.2. The van der Waals surface area contributed by atoms with E-state index in [0.717, 1.165) is 10.5 Å². The molecule has 0 amide bonds. The monoisotopic (exact) mass is 314 g/mol. The molecule has 2 atom stereocenters. The van der Waals surface area contributed by atoms with E-state index in [0.29, 0.717) is 13.2 Å². The summed E-state index contributed by atoms with van der Waals surface area (Å²) in [6.45, 7) is 2.82. The smallest absolute Gasteiger partial charge is 0.0930 e. The average Bonchev–Trinajstić information content (AvgIpc) is 2.56. The fourth-order valence-electron chi connectivity index (χ4n) is 2.06. The van der Waals surface area contributed by atoms with E-state index in [1.165, 1.54) is 0 Å². The molecule has 0 saturated heterocycles. The summed E-state index contributed by atoms with van der Waals surface area (Å²) in [5, 5.41) is 10.4. The first-order valence-corrected chi connectivity index (χ1v) is 8.32. The molecule has 2 aromatic carbocycles. The van der Waals surface area contributed by atoms with Crippen LogP contribution in [0.3, 0.4) is 0 Å². The van der Waals surface area contributed by atoms with Crippen LogP contribution in [-0.2, 0) is 11.3 Å². The molecule has 22 heavy (non-hydrogen) atoms. The second-order valence-electron chi connectivity index (χ2n) is 4.99. The topological polar surface area (TPSA) is 29.5 Å². The van der Waals surface area contributed by atoms with Gasteiger partial charge in [0.05, 0.1) is 24.6 Å². The van der Waals surface area contributed by atoms with Crippen molar-refractivity contribution >= 4 is 11.8 Å². The fourth-order valence-corrected chi connectivity index (χ4v) is 3.16. The van der Waals surface area contributed by atoms with Gasteiger partial charge in [-0.3, -0.25) is 0 Å². The number of aliphatic hydroxyl groups is 1. The van der Waals surface area contributed by atoms with Gasteiger partial charge in [0.1, 0.15) is 0 Å². The molecule has 0 aromatic heterocycles. The van der Waals surface area contributed by atoms with Gasteiger partial charge in [0.15, 0.2) is 0 Å². The summed E-state index contributed by atoms with van der Waals surface area (Å²) in [4.78, 5) is 1.15. The van der Waals surface area contributed by atoms with Crippen molar-refractivity contribution in [3.8, 4) is 0 Å². The van der Waals surface area contributed by atoms with Gasteiger partial charge in [-0.25, -0.2) is 0 Å². The molecule has 2 nitrogen and oxygen atoms in total. The first kappa shape index (κ1) is 16.8. The third-order valence-corrected chi connectivity index (χ3v) is 4.46. The number of allylic oxidation sites excluding steroid dienone is 1. The summed E-state index contributed by atoms with van der Waals surface area (Å²) in [6.07, 6.45) is 3.46. The molecule has 3 heteroatoms. The normalized spacial score (nSPS) is 14.1. The molecule has 0 saturated carbocycles. The Kier molecular flexibility index (Phi) is 7.23. The van der Waals surface area contributed by atoms with Crippen LogP contribution in [0.5, 0.6) is 0 Å². The van der Waals surface area contributed by atoms with Crippen LogP contribution in [0.1, 0.15) is 12.5 Å². The second kappa shape index (κ2) is 9.46. The van der Waals surface area contributed by atoms with Crippen molar-refractivity contribution in [2.24, 2.45) is 0 Å². The number of hydrogen-bond acceptors (Lipinski definition) is 3. The Morgan fingerprint density at radius 2 is 1.68 bits per heavy atom.